The van der Waals surface area contributed by atoms with E-state index in [-0.39, 0.29) is 5.60 Å². The second kappa shape index (κ2) is 16.9. The average Bonchev–Trinajstić information content (AvgIpc) is 3.28. The van der Waals surface area contributed by atoms with Gasteiger partial charge in [-0.15, -0.1) is 0 Å². The lowest BCUT2D eigenvalue weighted by Crippen LogP contribution is -2.37. The van der Waals surface area contributed by atoms with Crippen molar-refractivity contribution in [3.05, 3.63) is 33.8 Å². The van der Waals surface area contributed by atoms with Gasteiger partial charge >= 0.3 is 11.9 Å². The van der Waals surface area contributed by atoms with E-state index < -0.39 is 48.9 Å². The van der Waals surface area contributed by atoms with Gasteiger partial charge in [0.1, 0.15) is 23.2 Å². The van der Waals surface area contributed by atoms with E-state index in [0.29, 0.717) is 11.7 Å². The van der Waals surface area contributed by atoms with Gasteiger partial charge in [-0.1, -0.05) is 72.6 Å². The molecule has 2 aliphatic heterocycles. The van der Waals surface area contributed by atoms with E-state index in [1.165, 1.54) is 44.9 Å². The Bertz CT molecular complexity index is 1240. The fourth-order valence-electron chi connectivity index (χ4n) is 6.64. The van der Waals surface area contributed by atoms with Gasteiger partial charge in [-0.3, -0.25) is 0 Å². The number of aliphatic hydroxyl groups excluding tert-OH is 3. The summed E-state index contributed by atoms with van der Waals surface area (Å²) < 4.78 is 22.5. The molecule has 0 bridgehead atoms. The van der Waals surface area contributed by atoms with Gasteiger partial charge in [-0.05, 0) is 87.8 Å². The monoisotopic (exact) mass is 646 g/mol. The second-order valence-corrected chi connectivity index (χ2v) is 14.5. The number of benzene rings is 1. The van der Waals surface area contributed by atoms with Gasteiger partial charge in [0, 0.05) is 5.56 Å². The molecule has 1 aromatic rings. The highest BCUT2D eigenvalue weighted by Gasteiger charge is 2.41. The van der Waals surface area contributed by atoms with Crippen LogP contribution in [0, 0.1) is 38.5 Å². The molecule has 9 nitrogen and oxygen atoms in total. The van der Waals surface area contributed by atoms with Crippen LogP contribution in [-0.4, -0.2) is 58.3 Å². The molecule has 0 amide bonds. The summed E-state index contributed by atoms with van der Waals surface area (Å²) in [5, 5.41) is 29.0. The lowest BCUT2D eigenvalue weighted by Gasteiger charge is -2.38. The highest BCUT2D eigenvalue weighted by atomic mass is 16.6. The molecule has 2 heterocycles. The Morgan fingerprint density at radius 3 is 2.17 bits per heavy atom. The van der Waals surface area contributed by atoms with Crippen molar-refractivity contribution < 1.29 is 43.9 Å². The molecule has 3 rings (SSSR count). The molecule has 46 heavy (non-hydrogen) atoms. The number of hydrogen-bond donors (Lipinski definition) is 3. The third-order valence-electron chi connectivity index (χ3n) is 9.85. The number of carbonyl (C=O) groups excluding carboxylic acids is 2. The van der Waals surface area contributed by atoms with Crippen molar-refractivity contribution in [1.29, 1.82) is 0 Å². The maximum Gasteiger partial charge on any atom is 0.378 e. The van der Waals surface area contributed by atoms with Gasteiger partial charge in [0.25, 0.3) is 0 Å². The third-order valence-corrected chi connectivity index (χ3v) is 9.85. The Morgan fingerprint density at radius 2 is 1.57 bits per heavy atom. The number of carbonyl (C=O) groups is 2. The van der Waals surface area contributed by atoms with Gasteiger partial charge in [-0.2, -0.15) is 0 Å². The van der Waals surface area contributed by atoms with E-state index in [2.05, 4.69) is 34.6 Å². The number of fused-ring (bicyclic) bond motifs is 1. The number of rotatable bonds is 18. The van der Waals surface area contributed by atoms with Crippen LogP contribution in [0.2, 0.25) is 0 Å². The van der Waals surface area contributed by atoms with E-state index >= 15 is 0 Å². The molecule has 0 saturated heterocycles. The SMILES string of the molecule is Cc1c(C)c2c(c(C)c1OC(=O)COC1=C(O)[C@@H]([C@@H](O)CO)OC1=O)CCC(C)(CCCC(C)CCCC(C)CCCC(C)C)O2. The lowest BCUT2D eigenvalue weighted by atomic mass is 9.83. The molecule has 9 heteroatoms. The van der Waals surface area contributed by atoms with Crippen molar-refractivity contribution in [1.82, 2.24) is 0 Å². The fraction of sp³-hybridized carbons (Fsp3) is 0.730. The Labute approximate surface area is 275 Å². The van der Waals surface area contributed by atoms with E-state index in [1.807, 2.05) is 20.8 Å². The summed E-state index contributed by atoms with van der Waals surface area (Å²) in [6, 6.07) is 0. The van der Waals surface area contributed by atoms with E-state index in [9.17, 15) is 19.8 Å². The maximum atomic E-state index is 12.8. The zero-order valence-corrected chi connectivity index (χ0v) is 29.4. The van der Waals surface area contributed by atoms with Crippen LogP contribution in [0.5, 0.6) is 11.5 Å². The van der Waals surface area contributed by atoms with Crippen molar-refractivity contribution in [3.63, 3.8) is 0 Å². The first-order valence-electron chi connectivity index (χ1n) is 17.3. The van der Waals surface area contributed by atoms with Crippen LogP contribution < -0.4 is 9.47 Å². The summed E-state index contributed by atoms with van der Waals surface area (Å²) in [5.41, 5.74) is 3.32. The molecule has 3 N–H and O–H groups in total. The van der Waals surface area contributed by atoms with Crippen molar-refractivity contribution in [2.45, 2.75) is 144 Å². The van der Waals surface area contributed by atoms with Gasteiger partial charge in [-0.25, -0.2) is 9.59 Å². The highest BCUT2D eigenvalue weighted by Crippen LogP contribution is 2.45. The molecule has 5 atom stereocenters. The minimum atomic E-state index is -1.51. The van der Waals surface area contributed by atoms with Gasteiger partial charge in [0.2, 0.25) is 5.76 Å². The molecule has 0 spiro atoms. The first kappa shape index (κ1) is 37.7. The highest BCUT2D eigenvalue weighted by molar-refractivity contribution is 5.90. The number of ether oxygens (including phenoxy) is 4. The summed E-state index contributed by atoms with van der Waals surface area (Å²) >= 11 is 0. The van der Waals surface area contributed by atoms with E-state index in [1.54, 1.807) is 0 Å². The van der Waals surface area contributed by atoms with Gasteiger partial charge in [0.15, 0.2) is 18.5 Å². The van der Waals surface area contributed by atoms with E-state index in [0.717, 1.165) is 65.5 Å². The summed E-state index contributed by atoms with van der Waals surface area (Å²) in [6.45, 7) is 16.0. The predicted molar refractivity (Wildman–Crippen MR) is 177 cm³/mol. The molecule has 0 aliphatic carbocycles. The zero-order valence-electron chi connectivity index (χ0n) is 29.4. The summed E-state index contributed by atoms with van der Waals surface area (Å²) in [6.07, 6.45) is 10.0. The van der Waals surface area contributed by atoms with Crippen molar-refractivity contribution in [3.8, 4) is 11.5 Å². The van der Waals surface area contributed by atoms with E-state index in [4.69, 9.17) is 24.1 Å². The quantitative estimate of drug-likeness (QED) is 0.113. The molecule has 0 aromatic heterocycles. The average molecular weight is 647 g/mol. The molecular weight excluding hydrogens is 588 g/mol. The second-order valence-electron chi connectivity index (χ2n) is 14.5. The lowest BCUT2D eigenvalue weighted by molar-refractivity contribution is -0.149. The van der Waals surface area contributed by atoms with Gasteiger partial charge in [0.05, 0.1) is 6.61 Å². The minimum absolute atomic E-state index is 0.250. The van der Waals surface area contributed by atoms with Gasteiger partial charge < -0.3 is 34.3 Å². The van der Waals surface area contributed by atoms with Crippen molar-refractivity contribution in [2.24, 2.45) is 17.8 Å². The summed E-state index contributed by atoms with van der Waals surface area (Å²) in [5.74, 6) is 0.570. The largest absolute Gasteiger partial charge is 0.505 e. The Hall–Kier alpha value is -2.78. The number of aliphatic hydroxyl groups is 3. The molecule has 0 radical (unpaired) electrons. The third kappa shape index (κ3) is 9.86. The van der Waals surface area contributed by atoms with Crippen LogP contribution in [0.4, 0.5) is 0 Å². The number of cyclic esters (lactones) is 1. The van der Waals surface area contributed by atoms with Crippen LogP contribution in [0.1, 0.15) is 121 Å². The normalized spacial score (nSPS) is 21.5. The standard InChI is InChI=1S/C37H58O9/c1-22(2)12-9-13-23(3)14-10-15-24(4)16-11-18-37(8)19-17-28-27(7)32(25(5)26(6)33(28)46-37)44-30(40)21-43-35-31(41)34(29(39)20-38)45-36(35)42/h22-24,29,34,38-39,41H,9-21H2,1-8H3/t23?,24?,29-,34+,37?/m0/s1. The van der Waals surface area contributed by atoms with Crippen LogP contribution in [0.25, 0.3) is 0 Å². The first-order valence-corrected chi connectivity index (χ1v) is 17.3. The molecule has 3 unspecified atom stereocenters. The Kier molecular flexibility index (Phi) is 13.8. The molecule has 2 aliphatic rings. The number of hydrogen-bond acceptors (Lipinski definition) is 9. The Morgan fingerprint density at radius 1 is 0.957 bits per heavy atom. The molecule has 260 valence electrons. The number of esters is 2. The minimum Gasteiger partial charge on any atom is -0.505 e. The maximum absolute atomic E-state index is 12.8. The molecule has 0 fully saturated rings. The van der Waals surface area contributed by atoms with Crippen LogP contribution in [0.3, 0.4) is 0 Å². The van der Waals surface area contributed by atoms with Crippen LogP contribution in [0.15, 0.2) is 11.5 Å². The molecule has 1 aromatic carbocycles. The summed E-state index contributed by atoms with van der Waals surface area (Å²) in [7, 11) is 0. The van der Waals surface area contributed by atoms with Crippen LogP contribution >= 0.6 is 0 Å². The fourth-order valence-corrected chi connectivity index (χ4v) is 6.64. The van der Waals surface area contributed by atoms with Crippen LogP contribution in [-0.2, 0) is 25.5 Å². The smallest absolute Gasteiger partial charge is 0.378 e. The topological polar surface area (TPSA) is 132 Å². The van der Waals surface area contributed by atoms with Crippen molar-refractivity contribution in [2.75, 3.05) is 13.2 Å². The zero-order chi connectivity index (χ0) is 34.2. The predicted octanol–water partition coefficient (Wildman–Crippen LogP) is 7.10. The summed E-state index contributed by atoms with van der Waals surface area (Å²) in [4.78, 5) is 24.8. The first-order chi connectivity index (χ1) is 21.7. The molecule has 0 saturated carbocycles. The molecular formula is C37H58O9. The Balaban J connectivity index is 1.52. The van der Waals surface area contributed by atoms with Crippen molar-refractivity contribution >= 4 is 11.9 Å².